The molecule has 29 heavy (non-hydrogen) atoms. The van der Waals surface area contributed by atoms with Crippen LogP contribution < -0.4 is 5.32 Å². The molecule has 1 unspecified atom stereocenters. The van der Waals surface area contributed by atoms with Gasteiger partial charge in [-0.2, -0.15) is 0 Å². The van der Waals surface area contributed by atoms with E-state index in [4.69, 9.17) is 27.9 Å². The summed E-state index contributed by atoms with van der Waals surface area (Å²) in [5.41, 5.74) is 1.92. The summed E-state index contributed by atoms with van der Waals surface area (Å²) < 4.78 is 4.84. The van der Waals surface area contributed by atoms with Crippen LogP contribution in [0.4, 0.5) is 0 Å². The predicted octanol–water partition coefficient (Wildman–Crippen LogP) is 4.66. The highest BCUT2D eigenvalue weighted by molar-refractivity contribution is 6.35. The van der Waals surface area contributed by atoms with E-state index in [1.807, 2.05) is 0 Å². The van der Waals surface area contributed by atoms with Gasteiger partial charge < -0.3 is 15.0 Å². The highest BCUT2D eigenvalue weighted by Gasteiger charge is 2.21. The van der Waals surface area contributed by atoms with Gasteiger partial charge in [0, 0.05) is 33.8 Å². The summed E-state index contributed by atoms with van der Waals surface area (Å²) in [5, 5.41) is 3.95. The molecule has 2 aromatic rings. The van der Waals surface area contributed by atoms with Crippen LogP contribution in [0.1, 0.15) is 40.0 Å². The van der Waals surface area contributed by atoms with Gasteiger partial charge in [0.05, 0.1) is 12.7 Å². The van der Waals surface area contributed by atoms with E-state index in [2.05, 4.69) is 17.3 Å². The van der Waals surface area contributed by atoms with Gasteiger partial charge in [-0.3, -0.25) is 4.79 Å². The molecule has 1 N–H and O–H groups in total. The third-order valence-corrected chi connectivity index (χ3v) is 5.86. The molecule has 1 heterocycles. The zero-order valence-electron chi connectivity index (χ0n) is 16.5. The number of methoxy groups -OCH3 is 1. The molecule has 0 radical (unpaired) electrons. The van der Waals surface area contributed by atoms with E-state index in [1.54, 1.807) is 30.3 Å². The van der Waals surface area contributed by atoms with Gasteiger partial charge in [-0.25, -0.2) is 4.79 Å². The van der Waals surface area contributed by atoms with Gasteiger partial charge in [0.2, 0.25) is 0 Å². The van der Waals surface area contributed by atoms with Gasteiger partial charge in [-0.15, -0.1) is 0 Å². The summed E-state index contributed by atoms with van der Waals surface area (Å²) >= 11 is 12.4. The first kappa shape index (κ1) is 21.6. The number of likely N-dealkylation sites (tertiary alicyclic amines) is 1. The normalized spacial score (nSPS) is 16.6. The standard InChI is InChI=1S/C22H24Cl2N2O3/c1-26-9-3-4-18(26)7-8-25-21(27)15-10-14(11-16(12-15)22(28)29-2)19-13-17(23)5-6-20(19)24/h5-6,10-13,18H,3-4,7-9H2,1-2H3,(H,25,27). The Morgan fingerprint density at radius 1 is 1.17 bits per heavy atom. The predicted molar refractivity (Wildman–Crippen MR) is 116 cm³/mol. The number of esters is 1. The summed E-state index contributed by atoms with van der Waals surface area (Å²) in [6, 6.07) is 10.5. The zero-order valence-corrected chi connectivity index (χ0v) is 18.0. The second-order valence-corrected chi connectivity index (χ2v) is 8.08. The smallest absolute Gasteiger partial charge is 0.337 e. The summed E-state index contributed by atoms with van der Waals surface area (Å²) in [4.78, 5) is 27.2. The average Bonchev–Trinajstić information content (AvgIpc) is 3.13. The number of ether oxygens (including phenoxy) is 1. The molecule has 2 aromatic carbocycles. The maximum absolute atomic E-state index is 12.8. The Bertz CT molecular complexity index is 917. The van der Waals surface area contributed by atoms with Crippen LogP contribution in [-0.4, -0.2) is 50.1 Å². The number of hydrogen-bond donors (Lipinski definition) is 1. The van der Waals surface area contributed by atoms with Crippen molar-refractivity contribution in [1.82, 2.24) is 10.2 Å². The van der Waals surface area contributed by atoms with Gasteiger partial charge in [-0.05, 0) is 74.8 Å². The van der Waals surface area contributed by atoms with Crippen LogP contribution in [0.5, 0.6) is 0 Å². The Hall–Kier alpha value is -2.08. The lowest BCUT2D eigenvalue weighted by Crippen LogP contribution is -2.31. The minimum atomic E-state index is -0.522. The molecule has 1 saturated heterocycles. The summed E-state index contributed by atoms with van der Waals surface area (Å²) in [7, 11) is 3.42. The number of carbonyl (C=O) groups is 2. The molecule has 0 bridgehead atoms. The number of nitrogens with one attached hydrogen (secondary N) is 1. The number of halogens is 2. The van der Waals surface area contributed by atoms with Crippen molar-refractivity contribution in [2.45, 2.75) is 25.3 Å². The first-order chi connectivity index (χ1) is 13.9. The Labute approximate surface area is 180 Å². The molecule has 0 saturated carbocycles. The molecule has 5 nitrogen and oxygen atoms in total. The molecule has 7 heteroatoms. The fourth-order valence-corrected chi connectivity index (χ4v) is 4.07. The van der Waals surface area contributed by atoms with Crippen molar-refractivity contribution in [3.05, 3.63) is 57.6 Å². The molecule has 1 amide bonds. The van der Waals surface area contributed by atoms with Gasteiger partial charge in [-0.1, -0.05) is 23.2 Å². The van der Waals surface area contributed by atoms with Crippen LogP contribution >= 0.6 is 23.2 Å². The van der Waals surface area contributed by atoms with E-state index in [9.17, 15) is 9.59 Å². The third-order valence-electron chi connectivity index (χ3n) is 5.29. The number of nitrogens with zero attached hydrogens (tertiary/aromatic N) is 1. The molecule has 154 valence electrons. The molecule has 1 atom stereocenters. The molecule has 1 aliphatic rings. The topological polar surface area (TPSA) is 58.6 Å². The number of benzene rings is 2. The lowest BCUT2D eigenvalue weighted by molar-refractivity contribution is 0.0600. The second-order valence-electron chi connectivity index (χ2n) is 7.24. The van der Waals surface area contributed by atoms with Gasteiger partial charge in [0.25, 0.3) is 5.91 Å². The van der Waals surface area contributed by atoms with Crippen molar-refractivity contribution in [3.63, 3.8) is 0 Å². The van der Waals surface area contributed by atoms with E-state index in [0.717, 1.165) is 19.4 Å². The number of carbonyl (C=O) groups excluding carboxylic acids is 2. The van der Waals surface area contributed by atoms with Crippen molar-refractivity contribution in [3.8, 4) is 11.1 Å². The largest absolute Gasteiger partial charge is 0.465 e. The number of amides is 1. The van der Waals surface area contributed by atoms with Crippen molar-refractivity contribution in [2.75, 3.05) is 27.2 Å². The Morgan fingerprint density at radius 3 is 2.62 bits per heavy atom. The molecular formula is C22H24Cl2N2O3. The fourth-order valence-electron chi connectivity index (χ4n) is 3.67. The van der Waals surface area contributed by atoms with Gasteiger partial charge in [0.1, 0.15) is 0 Å². The van der Waals surface area contributed by atoms with E-state index in [0.29, 0.717) is 39.3 Å². The molecule has 0 spiro atoms. The van der Waals surface area contributed by atoms with Crippen LogP contribution in [0.25, 0.3) is 11.1 Å². The molecular weight excluding hydrogens is 411 g/mol. The van der Waals surface area contributed by atoms with Crippen LogP contribution in [0, 0.1) is 0 Å². The van der Waals surface area contributed by atoms with Crippen molar-refractivity contribution >= 4 is 35.1 Å². The molecule has 1 aliphatic heterocycles. The Morgan fingerprint density at radius 2 is 1.93 bits per heavy atom. The first-order valence-corrected chi connectivity index (χ1v) is 10.3. The van der Waals surface area contributed by atoms with Gasteiger partial charge in [0.15, 0.2) is 0 Å². The monoisotopic (exact) mass is 434 g/mol. The van der Waals surface area contributed by atoms with Gasteiger partial charge >= 0.3 is 5.97 Å². The number of hydrogen-bond acceptors (Lipinski definition) is 4. The number of rotatable bonds is 6. The zero-order chi connectivity index (χ0) is 21.0. The van der Waals surface area contributed by atoms with E-state index in [1.165, 1.54) is 19.6 Å². The molecule has 3 rings (SSSR count). The van der Waals surface area contributed by atoms with Crippen molar-refractivity contribution in [1.29, 1.82) is 0 Å². The maximum atomic E-state index is 12.8. The summed E-state index contributed by atoms with van der Waals surface area (Å²) in [6.45, 7) is 1.67. The van der Waals surface area contributed by atoms with E-state index in [-0.39, 0.29) is 11.5 Å². The van der Waals surface area contributed by atoms with Crippen LogP contribution in [0.3, 0.4) is 0 Å². The molecule has 1 fully saturated rings. The molecule has 0 aliphatic carbocycles. The lowest BCUT2D eigenvalue weighted by Gasteiger charge is -2.19. The maximum Gasteiger partial charge on any atom is 0.337 e. The van der Waals surface area contributed by atoms with E-state index < -0.39 is 5.97 Å². The quantitative estimate of drug-likeness (QED) is 0.671. The van der Waals surface area contributed by atoms with Crippen molar-refractivity contribution in [2.24, 2.45) is 0 Å². The highest BCUT2D eigenvalue weighted by Crippen LogP contribution is 2.32. The first-order valence-electron chi connectivity index (χ1n) is 9.56. The highest BCUT2D eigenvalue weighted by atomic mass is 35.5. The van der Waals surface area contributed by atoms with Crippen molar-refractivity contribution < 1.29 is 14.3 Å². The minimum absolute atomic E-state index is 0.240. The fraction of sp³-hybridized carbons (Fsp3) is 0.364. The van der Waals surface area contributed by atoms with Crippen LogP contribution in [0.15, 0.2) is 36.4 Å². The average molecular weight is 435 g/mol. The third kappa shape index (κ3) is 5.30. The lowest BCUT2D eigenvalue weighted by atomic mass is 9.99. The SMILES string of the molecule is COC(=O)c1cc(C(=O)NCCC2CCCN2C)cc(-c2cc(Cl)ccc2Cl)c1. The Kier molecular flexibility index (Phi) is 7.17. The molecule has 0 aromatic heterocycles. The summed E-state index contributed by atoms with van der Waals surface area (Å²) in [5.74, 6) is -0.762. The van der Waals surface area contributed by atoms with Crippen LogP contribution in [-0.2, 0) is 4.74 Å². The minimum Gasteiger partial charge on any atom is -0.465 e. The van der Waals surface area contributed by atoms with E-state index >= 15 is 0 Å². The Balaban J connectivity index is 1.84. The van der Waals surface area contributed by atoms with Crippen LogP contribution in [0.2, 0.25) is 10.0 Å². The summed E-state index contributed by atoms with van der Waals surface area (Å²) in [6.07, 6.45) is 3.24. The second kappa shape index (κ2) is 9.61.